The first-order valence-corrected chi connectivity index (χ1v) is 12.5. The van der Waals surface area contributed by atoms with E-state index in [2.05, 4.69) is 78.9 Å². The third-order valence-corrected chi connectivity index (χ3v) is 10.8. The zero-order valence-corrected chi connectivity index (χ0v) is 19.9. The van der Waals surface area contributed by atoms with E-state index in [1.54, 1.807) is 12.1 Å². The van der Waals surface area contributed by atoms with Crippen LogP contribution in [0.4, 0.5) is 4.39 Å². The molecule has 0 fully saturated rings. The van der Waals surface area contributed by atoms with Crippen molar-refractivity contribution in [2.24, 2.45) is 0 Å². The molecule has 0 saturated carbocycles. The molecule has 1 atom stereocenters. The molecule has 3 aromatic carbocycles. The Morgan fingerprint density at radius 3 is 2.29 bits per heavy atom. The summed E-state index contributed by atoms with van der Waals surface area (Å²) in [5.41, 5.74) is 4.60. The van der Waals surface area contributed by atoms with Gasteiger partial charge in [0.15, 0.2) is 0 Å². The second-order valence-corrected chi connectivity index (χ2v) is 11.5. The van der Waals surface area contributed by atoms with Crippen LogP contribution in [0, 0.1) is 5.82 Å². The minimum Gasteiger partial charge on any atom is -1.00 e. The van der Waals surface area contributed by atoms with Crippen molar-refractivity contribution in [3.63, 3.8) is 0 Å². The summed E-state index contributed by atoms with van der Waals surface area (Å²) < 4.78 is 18.2. The first kappa shape index (κ1) is 23.6. The van der Waals surface area contributed by atoms with Gasteiger partial charge in [0.05, 0.1) is 0 Å². The number of rotatable bonds is 4. The maximum Gasteiger partial charge on any atom is -1.00 e. The molecule has 3 aromatic rings. The summed E-state index contributed by atoms with van der Waals surface area (Å²) in [4.78, 5) is 0. The van der Waals surface area contributed by atoms with Crippen molar-refractivity contribution in [3.05, 3.63) is 135 Å². The number of hydrogen-bond acceptors (Lipinski definition) is 0. The first-order chi connectivity index (χ1) is 14.3. The summed E-state index contributed by atoms with van der Waals surface area (Å²) >= 11 is -2.16. The zero-order valence-electron chi connectivity index (χ0n) is 16.8. The van der Waals surface area contributed by atoms with Gasteiger partial charge in [-0.15, -0.1) is 0 Å². The standard InChI is InChI=1S/C13H9F.C9H7.C5H5.2ClH.Ti/c14-13-9-5-4-8-12(13)10-11-6-2-1-3-7-11;1-2-5-9-7-3-6-8(9)4-1;1-2-4-5-3-1;;;/h1-9H;1-7H;1-3H,4H2;2*1H;/q;;;;;+2/p-2. The van der Waals surface area contributed by atoms with Gasteiger partial charge in [-0.2, -0.15) is 0 Å². The van der Waals surface area contributed by atoms with Gasteiger partial charge in [0, 0.05) is 0 Å². The van der Waals surface area contributed by atoms with Crippen molar-refractivity contribution in [3.8, 4) is 0 Å². The Bertz CT molecular complexity index is 1190. The number of allylic oxidation sites excluding steroid dienone is 5. The Morgan fingerprint density at radius 1 is 0.839 bits per heavy atom. The maximum absolute atomic E-state index is 15.1. The fourth-order valence-electron chi connectivity index (χ4n) is 4.39. The zero-order chi connectivity index (χ0) is 19.6. The topological polar surface area (TPSA) is 0 Å². The molecule has 154 valence electrons. The minimum atomic E-state index is -2.16. The molecule has 5 rings (SSSR count). The van der Waals surface area contributed by atoms with Gasteiger partial charge in [-0.25, -0.2) is 0 Å². The summed E-state index contributed by atoms with van der Waals surface area (Å²) in [7, 11) is 0. The van der Waals surface area contributed by atoms with Crippen LogP contribution in [0.1, 0.15) is 32.9 Å². The van der Waals surface area contributed by atoms with Gasteiger partial charge >= 0.3 is 177 Å². The summed E-state index contributed by atoms with van der Waals surface area (Å²) in [5.74, 6) is -0.127. The van der Waals surface area contributed by atoms with Crippen LogP contribution in [0.5, 0.6) is 0 Å². The largest absolute Gasteiger partial charge is 1.00 e. The number of fused-ring (bicyclic) bond motifs is 1. The quantitative estimate of drug-likeness (QED) is 0.478. The monoisotopic (exact) mass is 482 g/mol. The van der Waals surface area contributed by atoms with Crippen LogP contribution in [-0.2, 0) is 17.4 Å². The van der Waals surface area contributed by atoms with Gasteiger partial charge in [0.25, 0.3) is 0 Å². The second kappa shape index (κ2) is 10.5. The molecule has 0 bridgehead atoms. The third kappa shape index (κ3) is 4.61. The van der Waals surface area contributed by atoms with Crippen LogP contribution < -0.4 is 24.8 Å². The molecular weight excluding hydrogens is 462 g/mol. The number of halogens is 3. The predicted molar refractivity (Wildman–Crippen MR) is 116 cm³/mol. The van der Waals surface area contributed by atoms with Crippen LogP contribution in [0.3, 0.4) is 0 Å². The molecule has 2 aliphatic carbocycles. The molecule has 2 aliphatic rings. The molecular formula is C27H21Cl2FTi. The van der Waals surface area contributed by atoms with E-state index in [1.807, 2.05) is 18.2 Å². The fraction of sp³-hybridized carbons (Fsp3) is 0.0741. The van der Waals surface area contributed by atoms with E-state index in [4.69, 9.17) is 0 Å². The van der Waals surface area contributed by atoms with Crippen molar-refractivity contribution in [2.75, 3.05) is 0 Å². The van der Waals surface area contributed by atoms with Crippen molar-refractivity contribution >= 4 is 9.89 Å². The van der Waals surface area contributed by atoms with Gasteiger partial charge in [-0.3, -0.25) is 0 Å². The molecule has 1 unspecified atom stereocenters. The summed E-state index contributed by atoms with van der Waals surface area (Å²) in [6.45, 7) is 0. The Morgan fingerprint density at radius 2 is 1.55 bits per heavy atom. The van der Waals surface area contributed by atoms with E-state index >= 15 is 4.39 Å². The molecule has 0 spiro atoms. The van der Waals surface area contributed by atoms with E-state index in [0.717, 1.165) is 17.5 Å². The molecule has 0 radical (unpaired) electrons. The van der Waals surface area contributed by atoms with Gasteiger partial charge in [0.1, 0.15) is 0 Å². The SMILES string of the molecule is Fc1ccccc1[C](c1ccccc1)=[Ti+2]([C]1=CC=CC1)[CH]1C=Cc2ccccc21.[Cl-].[Cl-]. The smallest absolute Gasteiger partial charge is 1.00 e. The normalized spacial score (nSPS) is 16.1. The predicted octanol–water partition coefficient (Wildman–Crippen LogP) is 0.633. The average molecular weight is 483 g/mol. The van der Waals surface area contributed by atoms with Crippen LogP contribution >= 0.6 is 0 Å². The van der Waals surface area contributed by atoms with Crippen molar-refractivity contribution < 1.29 is 46.6 Å². The van der Waals surface area contributed by atoms with Crippen LogP contribution in [0.2, 0.25) is 0 Å². The molecule has 0 aromatic heterocycles. The minimum absolute atomic E-state index is 0. The summed E-state index contributed by atoms with van der Waals surface area (Å²) in [6, 6.07) is 26.4. The molecule has 4 heteroatoms. The Balaban J connectivity index is 0.00000136. The second-order valence-electron chi connectivity index (χ2n) is 7.42. The third-order valence-electron chi connectivity index (χ3n) is 5.70. The van der Waals surface area contributed by atoms with Gasteiger partial charge in [-0.1, -0.05) is 0 Å². The Kier molecular flexibility index (Phi) is 8.02. The molecule has 0 heterocycles. The molecule has 0 aliphatic heterocycles. The van der Waals surface area contributed by atoms with Crippen LogP contribution in [-0.4, -0.2) is 3.81 Å². The average Bonchev–Trinajstić information content (AvgIpc) is 3.44. The molecule has 0 N–H and O–H groups in total. The summed E-state index contributed by atoms with van der Waals surface area (Å²) in [5, 5.41) is 0. The van der Waals surface area contributed by atoms with Crippen LogP contribution in [0.25, 0.3) is 6.08 Å². The van der Waals surface area contributed by atoms with E-state index in [0.29, 0.717) is 4.22 Å². The van der Waals surface area contributed by atoms with Crippen molar-refractivity contribution in [2.45, 2.75) is 10.6 Å². The van der Waals surface area contributed by atoms with Crippen LogP contribution in [0.15, 0.2) is 107 Å². The molecule has 0 saturated heterocycles. The van der Waals surface area contributed by atoms with Gasteiger partial charge < -0.3 is 24.8 Å². The molecule has 0 amide bonds. The van der Waals surface area contributed by atoms with E-state index in [1.165, 1.54) is 18.8 Å². The number of hydrogen-bond donors (Lipinski definition) is 0. The Labute approximate surface area is 201 Å². The molecule has 31 heavy (non-hydrogen) atoms. The van der Waals surface area contributed by atoms with E-state index < -0.39 is 17.4 Å². The van der Waals surface area contributed by atoms with Crippen molar-refractivity contribution in [1.82, 2.24) is 0 Å². The Hall–Kier alpha value is -2.03. The van der Waals surface area contributed by atoms with Gasteiger partial charge in [0.2, 0.25) is 0 Å². The fourth-order valence-corrected chi connectivity index (χ4v) is 9.82. The number of benzene rings is 3. The first-order valence-electron chi connectivity index (χ1n) is 10.0. The summed E-state index contributed by atoms with van der Waals surface area (Å²) in [6.07, 6.45) is 12.3. The van der Waals surface area contributed by atoms with E-state index in [-0.39, 0.29) is 30.6 Å². The maximum atomic E-state index is 15.1. The van der Waals surface area contributed by atoms with Crippen molar-refractivity contribution in [1.29, 1.82) is 0 Å². The van der Waals surface area contributed by atoms with Gasteiger partial charge in [-0.05, 0) is 0 Å². The molecule has 0 nitrogen and oxygen atoms in total. The van der Waals surface area contributed by atoms with E-state index in [9.17, 15) is 0 Å².